The van der Waals surface area contributed by atoms with E-state index in [1.807, 2.05) is 13.0 Å². The molecule has 4 aromatic rings. The van der Waals surface area contributed by atoms with E-state index in [1.54, 1.807) is 54.6 Å². The molecule has 4 nitrogen and oxygen atoms in total. The van der Waals surface area contributed by atoms with Crippen molar-refractivity contribution in [3.8, 4) is 0 Å². The van der Waals surface area contributed by atoms with Crippen LogP contribution in [0.4, 0.5) is 0 Å². The zero-order valence-corrected chi connectivity index (χ0v) is 16.5. The highest BCUT2D eigenvalue weighted by Crippen LogP contribution is 2.33. The number of nitrogens with one attached hydrogen (secondary N) is 1. The number of aromatic nitrogens is 1. The van der Waals surface area contributed by atoms with Gasteiger partial charge in [-0.05, 0) is 55.5 Å². The van der Waals surface area contributed by atoms with Crippen molar-refractivity contribution in [3.63, 3.8) is 0 Å². The molecule has 28 heavy (non-hydrogen) atoms. The van der Waals surface area contributed by atoms with Crippen LogP contribution in [0.1, 0.15) is 21.6 Å². The van der Waals surface area contributed by atoms with Crippen LogP contribution in [-0.2, 0) is 9.84 Å². The summed E-state index contributed by atoms with van der Waals surface area (Å²) in [5.74, 6) is -0.403. The molecule has 3 aromatic carbocycles. The van der Waals surface area contributed by atoms with Crippen LogP contribution < -0.4 is 0 Å². The lowest BCUT2D eigenvalue weighted by atomic mass is 10.1. The molecule has 0 saturated heterocycles. The largest absolute Gasteiger partial charge is 0.351 e. The van der Waals surface area contributed by atoms with E-state index in [9.17, 15) is 13.2 Å². The van der Waals surface area contributed by atoms with E-state index in [0.717, 1.165) is 5.56 Å². The number of fused-ring (bicyclic) bond motifs is 1. The first-order valence-corrected chi connectivity index (χ1v) is 10.5. The molecular formula is C22H16ClNO3S. The van der Waals surface area contributed by atoms with E-state index in [-0.39, 0.29) is 15.5 Å². The molecule has 4 rings (SSSR count). The van der Waals surface area contributed by atoms with Gasteiger partial charge in [-0.25, -0.2) is 8.42 Å². The zero-order chi connectivity index (χ0) is 19.9. The first-order valence-electron chi connectivity index (χ1n) is 8.60. The van der Waals surface area contributed by atoms with Gasteiger partial charge in [-0.3, -0.25) is 4.79 Å². The number of benzene rings is 3. The van der Waals surface area contributed by atoms with Crippen LogP contribution in [0.3, 0.4) is 0 Å². The maximum atomic E-state index is 13.4. The molecule has 1 aromatic heterocycles. The summed E-state index contributed by atoms with van der Waals surface area (Å²) in [6.45, 7) is 1.88. The molecule has 6 heteroatoms. The van der Waals surface area contributed by atoms with Crippen LogP contribution in [0.2, 0.25) is 5.02 Å². The molecule has 0 amide bonds. The number of H-pyrrole nitrogens is 1. The summed E-state index contributed by atoms with van der Waals surface area (Å²) in [5, 5.41) is 1.00. The second kappa shape index (κ2) is 6.93. The number of hydrogen-bond donors (Lipinski definition) is 1. The molecule has 0 bridgehead atoms. The van der Waals surface area contributed by atoms with E-state index >= 15 is 0 Å². The van der Waals surface area contributed by atoms with Crippen molar-refractivity contribution in [2.45, 2.75) is 16.7 Å². The van der Waals surface area contributed by atoms with Gasteiger partial charge in [0.2, 0.25) is 15.6 Å². The third-order valence-corrected chi connectivity index (χ3v) is 6.67. The SMILES string of the molecule is Cc1ccc2[nH]c(C(=O)c3ccc(Cl)cc3)c(S(=O)(=O)c3ccccc3)c2c1. The number of rotatable bonds is 4. The van der Waals surface area contributed by atoms with Gasteiger partial charge in [0.05, 0.1) is 4.90 Å². The molecule has 1 N–H and O–H groups in total. The van der Waals surface area contributed by atoms with Crippen LogP contribution in [0.25, 0.3) is 10.9 Å². The van der Waals surface area contributed by atoms with Crippen molar-refractivity contribution >= 4 is 38.1 Å². The lowest BCUT2D eigenvalue weighted by Gasteiger charge is -2.07. The van der Waals surface area contributed by atoms with Crippen LogP contribution >= 0.6 is 11.6 Å². The van der Waals surface area contributed by atoms with Gasteiger partial charge in [-0.15, -0.1) is 0 Å². The fraction of sp³-hybridized carbons (Fsp3) is 0.0455. The zero-order valence-electron chi connectivity index (χ0n) is 14.9. The summed E-state index contributed by atoms with van der Waals surface area (Å²) in [6.07, 6.45) is 0. The summed E-state index contributed by atoms with van der Waals surface area (Å²) in [7, 11) is -3.91. The quantitative estimate of drug-likeness (QED) is 0.471. The number of carbonyl (C=O) groups is 1. The topological polar surface area (TPSA) is 67.0 Å². The Morgan fingerprint density at radius 3 is 2.29 bits per heavy atom. The van der Waals surface area contributed by atoms with Crippen LogP contribution in [0.15, 0.2) is 82.6 Å². The van der Waals surface area contributed by atoms with E-state index < -0.39 is 15.6 Å². The monoisotopic (exact) mass is 409 g/mol. The average Bonchev–Trinajstić information content (AvgIpc) is 3.08. The number of sulfone groups is 1. The minimum atomic E-state index is -3.91. The highest BCUT2D eigenvalue weighted by Gasteiger charge is 2.30. The molecule has 0 saturated carbocycles. The third kappa shape index (κ3) is 3.13. The molecule has 0 radical (unpaired) electrons. The van der Waals surface area contributed by atoms with Crippen molar-refractivity contribution in [1.82, 2.24) is 4.98 Å². The summed E-state index contributed by atoms with van der Waals surface area (Å²) in [5.41, 5.74) is 1.91. The molecule has 0 atom stereocenters. The molecule has 0 fully saturated rings. The van der Waals surface area contributed by atoms with Crippen LogP contribution in [0, 0.1) is 6.92 Å². The number of ketones is 1. The summed E-state index contributed by atoms with van der Waals surface area (Å²) < 4.78 is 26.9. The summed E-state index contributed by atoms with van der Waals surface area (Å²) in [4.78, 5) is 16.3. The Morgan fingerprint density at radius 1 is 0.929 bits per heavy atom. The predicted octanol–water partition coefficient (Wildman–Crippen LogP) is 5.19. The fourth-order valence-electron chi connectivity index (χ4n) is 3.18. The number of hydrogen-bond acceptors (Lipinski definition) is 3. The van der Waals surface area contributed by atoms with E-state index in [1.165, 1.54) is 12.1 Å². The summed E-state index contributed by atoms with van der Waals surface area (Å²) in [6, 6.07) is 19.9. The van der Waals surface area contributed by atoms with Crippen LogP contribution in [-0.4, -0.2) is 19.2 Å². The number of carbonyl (C=O) groups excluding carboxylic acids is 1. The Morgan fingerprint density at radius 2 is 1.61 bits per heavy atom. The normalized spacial score (nSPS) is 11.6. The van der Waals surface area contributed by atoms with E-state index in [0.29, 0.717) is 21.5 Å². The van der Waals surface area contributed by atoms with Crippen LogP contribution in [0.5, 0.6) is 0 Å². The molecule has 0 aliphatic rings. The number of aromatic amines is 1. The second-order valence-electron chi connectivity index (χ2n) is 6.53. The first-order chi connectivity index (χ1) is 13.4. The minimum absolute atomic E-state index is 0.00245. The maximum Gasteiger partial charge on any atom is 0.210 e. The van der Waals surface area contributed by atoms with E-state index in [2.05, 4.69) is 4.98 Å². The van der Waals surface area contributed by atoms with Gasteiger partial charge in [0, 0.05) is 21.5 Å². The van der Waals surface area contributed by atoms with Gasteiger partial charge in [0.1, 0.15) is 10.6 Å². The Bertz CT molecular complexity index is 1290. The van der Waals surface area contributed by atoms with Crippen molar-refractivity contribution in [2.24, 2.45) is 0 Å². The fourth-order valence-corrected chi connectivity index (χ4v) is 4.93. The number of aryl methyl sites for hydroxylation is 1. The lowest BCUT2D eigenvalue weighted by Crippen LogP contribution is -2.10. The molecule has 0 unspecified atom stereocenters. The third-order valence-electron chi connectivity index (χ3n) is 4.56. The van der Waals surface area contributed by atoms with Crippen molar-refractivity contribution < 1.29 is 13.2 Å². The Labute approximate surface area is 167 Å². The Balaban J connectivity index is 2.01. The summed E-state index contributed by atoms with van der Waals surface area (Å²) >= 11 is 5.91. The standard InChI is InChI=1S/C22H16ClNO3S/c1-14-7-12-19-18(13-14)22(28(26,27)17-5-3-2-4-6-17)20(24-19)21(25)15-8-10-16(23)11-9-15/h2-13,24H,1H3. The van der Waals surface area contributed by atoms with E-state index in [4.69, 9.17) is 11.6 Å². The average molecular weight is 410 g/mol. The molecule has 1 heterocycles. The molecule has 140 valence electrons. The van der Waals surface area contributed by atoms with Gasteiger partial charge >= 0.3 is 0 Å². The predicted molar refractivity (Wildman–Crippen MR) is 110 cm³/mol. The van der Waals surface area contributed by atoms with Gasteiger partial charge in [-0.1, -0.05) is 41.4 Å². The molecule has 0 aliphatic heterocycles. The lowest BCUT2D eigenvalue weighted by molar-refractivity contribution is 0.103. The number of halogens is 1. The van der Waals surface area contributed by atoms with Crippen molar-refractivity contribution in [2.75, 3.05) is 0 Å². The highest BCUT2D eigenvalue weighted by molar-refractivity contribution is 7.91. The molecule has 0 aliphatic carbocycles. The maximum absolute atomic E-state index is 13.4. The van der Waals surface area contributed by atoms with Gasteiger partial charge in [-0.2, -0.15) is 0 Å². The second-order valence-corrected chi connectivity index (χ2v) is 8.85. The Hall–Kier alpha value is -2.89. The highest BCUT2D eigenvalue weighted by atomic mass is 35.5. The minimum Gasteiger partial charge on any atom is -0.351 e. The van der Waals surface area contributed by atoms with Gasteiger partial charge < -0.3 is 4.98 Å². The van der Waals surface area contributed by atoms with Crippen molar-refractivity contribution in [3.05, 3.63) is 94.6 Å². The van der Waals surface area contributed by atoms with Crippen molar-refractivity contribution in [1.29, 1.82) is 0 Å². The van der Waals surface area contributed by atoms with Gasteiger partial charge in [0.25, 0.3) is 0 Å². The smallest absolute Gasteiger partial charge is 0.210 e. The molecular weight excluding hydrogens is 394 g/mol. The molecule has 0 spiro atoms. The first kappa shape index (κ1) is 18.5. The van der Waals surface area contributed by atoms with Gasteiger partial charge in [0.15, 0.2) is 0 Å². The Kier molecular flexibility index (Phi) is 4.57.